The van der Waals surface area contributed by atoms with Gasteiger partial charge in [-0.1, -0.05) is 29.3 Å². The van der Waals surface area contributed by atoms with Crippen molar-refractivity contribution < 1.29 is 23.5 Å². The average Bonchev–Trinajstić information content (AvgIpc) is 2.77. The van der Waals surface area contributed by atoms with Gasteiger partial charge in [0.1, 0.15) is 16.8 Å². The van der Waals surface area contributed by atoms with Crippen LogP contribution in [-0.2, 0) is 9.53 Å². The second kappa shape index (κ2) is 10.1. The van der Waals surface area contributed by atoms with E-state index in [0.29, 0.717) is 0 Å². The number of Topliss-reactive ketones (excluding diaryl/α,β-unsaturated/α-hetero) is 1. The zero-order chi connectivity index (χ0) is 23.4. The molecule has 0 radical (unpaired) electrons. The topological polar surface area (TPSA) is 89.3 Å². The van der Waals surface area contributed by atoms with E-state index in [1.165, 1.54) is 48.7 Å². The molecule has 1 aromatic heterocycles. The van der Waals surface area contributed by atoms with Crippen LogP contribution in [-0.4, -0.2) is 23.8 Å². The Morgan fingerprint density at radius 1 is 1.22 bits per heavy atom. The van der Waals surface area contributed by atoms with Crippen molar-refractivity contribution >= 4 is 50.9 Å². The number of ether oxygens (including phenoxy) is 2. The zero-order valence-electron chi connectivity index (χ0n) is 16.2. The van der Waals surface area contributed by atoms with Crippen molar-refractivity contribution in [3.05, 3.63) is 85.8 Å². The molecule has 0 aliphatic heterocycles. The number of pyridine rings is 1. The molecule has 162 valence electrons. The third kappa shape index (κ3) is 4.91. The summed E-state index contributed by atoms with van der Waals surface area (Å²) in [7, 11) is 1.08. The van der Waals surface area contributed by atoms with Crippen LogP contribution in [0.1, 0.15) is 27.4 Å². The van der Waals surface area contributed by atoms with Crippen molar-refractivity contribution in [3.63, 3.8) is 0 Å². The van der Waals surface area contributed by atoms with Gasteiger partial charge in [-0.05, 0) is 52.3 Å². The fourth-order valence-corrected chi connectivity index (χ4v) is 3.71. The van der Waals surface area contributed by atoms with Crippen LogP contribution in [0.3, 0.4) is 0 Å². The number of hydrogen-bond acceptors (Lipinski definition) is 6. The van der Waals surface area contributed by atoms with E-state index in [-0.39, 0.29) is 42.8 Å². The van der Waals surface area contributed by atoms with E-state index in [9.17, 15) is 9.59 Å². The van der Waals surface area contributed by atoms with Gasteiger partial charge >= 0.3 is 5.97 Å². The molecule has 1 unspecified atom stereocenters. The van der Waals surface area contributed by atoms with Crippen LogP contribution in [0, 0.1) is 17.1 Å². The van der Waals surface area contributed by atoms with Crippen LogP contribution in [0.5, 0.6) is 11.5 Å². The summed E-state index contributed by atoms with van der Waals surface area (Å²) in [6, 6.07) is 11.6. The number of carbonyl (C=O) groups is 2. The molecule has 10 heteroatoms. The van der Waals surface area contributed by atoms with E-state index in [0.717, 1.165) is 7.11 Å². The molecule has 32 heavy (non-hydrogen) atoms. The molecular formula is C22H12BrCl2FN2O4. The molecular weight excluding hydrogens is 526 g/mol. The molecule has 6 nitrogen and oxygen atoms in total. The van der Waals surface area contributed by atoms with Gasteiger partial charge in [-0.15, -0.1) is 0 Å². The van der Waals surface area contributed by atoms with Crippen molar-refractivity contribution in [2.45, 2.75) is 5.92 Å². The molecule has 0 saturated heterocycles. The SMILES string of the molecule is COC(=O)C(C(=O)c1cccnc1Cl)c1ccc(Br)c(Oc2cc(Cl)cc(C#N)c2)c1F. The van der Waals surface area contributed by atoms with Gasteiger partial charge in [-0.3, -0.25) is 9.59 Å². The number of aromatic nitrogens is 1. The maximum absolute atomic E-state index is 15.6. The van der Waals surface area contributed by atoms with E-state index in [4.69, 9.17) is 37.9 Å². The predicted octanol–water partition coefficient (Wildman–Crippen LogP) is 6.09. The predicted molar refractivity (Wildman–Crippen MR) is 119 cm³/mol. The van der Waals surface area contributed by atoms with E-state index in [2.05, 4.69) is 20.9 Å². The molecule has 0 aliphatic carbocycles. The highest BCUT2D eigenvalue weighted by Gasteiger charge is 2.35. The van der Waals surface area contributed by atoms with Crippen LogP contribution in [0.25, 0.3) is 0 Å². The maximum Gasteiger partial charge on any atom is 0.321 e. The standard InChI is InChI=1S/C22H12BrCl2FN2O4/c1-31-22(30)17(19(29)15-3-2-6-28-21(15)25)14-4-5-16(23)20(18(14)26)32-13-8-11(10-27)7-12(24)9-13/h2-9,17H,1H3. The Bertz CT molecular complexity index is 1260. The Balaban J connectivity index is 2.11. The van der Waals surface area contributed by atoms with Crippen LogP contribution in [0.4, 0.5) is 4.39 Å². The van der Waals surface area contributed by atoms with Gasteiger partial charge < -0.3 is 9.47 Å². The van der Waals surface area contributed by atoms with Gasteiger partial charge in [0.15, 0.2) is 17.3 Å². The number of benzene rings is 2. The first-order valence-corrected chi connectivity index (χ1v) is 10.4. The number of halogens is 4. The average molecular weight is 538 g/mol. The van der Waals surface area contributed by atoms with Crippen LogP contribution in [0.15, 0.2) is 53.1 Å². The molecule has 2 aromatic carbocycles. The van der Waals surface area contributed by atoms with Crippen molar-refractivity contribution in [1.29, 1.82) is 5.26 Å². The number of esters is 1. The summed E-state index contributed by atoms with van der Waals surface area (Å²) >= 11 is 15.2. The summed E-state index contributed by atoms with van der Waals surface area (Å²) < 4.78 is 26.1. The van der Waals surface area contributed by atoms with Gasteiger partial charge in [-0.2, -0.15) is 5.26 Å². The Kier molecular flexibility index (Phi) is 7.46. The van der Waals surface area contributed by atoms with Gasteiger partial charge in [0.05, 0.1) is 28.8 Å². The minimum Gasteiger partial charge on any atom is -0.468 e. The number of rotatable bonds is 6. The lowest BCUT2D eigenvalue weighted by molar-refractivity contribution is -0.141. The fraction of sp³-hybridized carbons (Fsp3) is 0.0909. The second-order valence-corrected chi connectivity index (χ2v) is 7.98. The molecule has 1 heterocycles. The van der Waals surface area contributed by atoms with Crippen molar-refractivity contribution in [2.24, 2.45) is 0 Å². The highest BCUT2D eigenvalue weighted by molar-refractivity contribution is 9.10. The Morgan fingerprint density at radius 3 is 2.62 bits per heavy atom. The summed E-state index contributed by atoms with van der Waals surface area (Å²) in [6.07, 6.45) is 1.37. The quantitative estimate of drug-likeness (QED) is 0.163. The lowest BCUT2D eigenvalue weighted by Gasteiger charge is -2.18. The van der Waals surface area contributed by atoms with Crippen LogP contribution < -0.4 is 4.74 Å². The zero-order valence-corrected chi connectivity index (χ0v) is 19.3. The maximum atomic E-state index is 15.6. The third-order valence-corrected chi connectivity index (χ3v) is 5.48. The number of ketones is 1. The molecule has 0 fully saturated rings. The van der Waals surface area contributed by atoms with Crippen molar-refractivity contribution in [2.75, 3.05) is 7.11 Å². The molecule has 3 aromatic rings. The van der Waals surface area contributed by atoms with E-state index < -0.39 is 23.5 Å². The lowest BCUT2D eigenvalue weighted by atomic mass is 9.90. The molecule has 0 saturated carbocycles. The Hall–Kier alpha value is -2.99. The Morgan fingerprint density at radius 2 is 1.97 bits per heavy atom. The summed E-state index contributed by atoms with van der Waals surface area (Å²) in [4.78, 5) is 29.4. The van der Waals surface area contributed by atoms with Gasteiger partial charge in [0, 0.05) is 16.8 Å². The highest BCUT2D eigenvalue weighted by atomic mass is 79.9. The first kappa shape index (κ1) is 23.7. The summed E-state index contributed by atoms with van der Waals surface area (Å²) in [6.45, 7) is 0. The molecule has 1 atom stereocenters. The summed E-state index contributed by atoms with van der Waals surface area (Å²) in [5.74, 6) is -4.66. The fourth-order valence-electron chi connectivity index (χ4n) is 2.89. The minimum absolute atomic E-state index is 0.0668. The van der Waals surface area contributed by atoms with Crippen LogP contribution >= 0.6 is 39.1 Å². The monoisotopic (exact) mass is 536 g/mol. The minimum atomic E-state index is -1.66. The van der Waals surface area contributed by atoms with E-state index in [1.54, 1.807) is 0 Å². The number of hydrogen-bond donors (Lipinski definition) is 0. The van der Waals surface area contributed by atoms with Crippen molar-refractivity contribution in [1.82, 2.24) is 4.98 Å². The number of methoxy groups -OCH3 is 1. The lowest BCUT2D eigenvalue weighted by Crippen LogP contribution is -2.25. The number of nitrogens with zero attached hydrogens (tertiary/aromatic N) is 2. The third-order valence-electron chi connectivity index (χ3n) is 4.33. The van der Waals surface area contributed by atoms with Gasteiger partial charge in [0.2, 0.25) is 0 Å². The summed E-state index contributed by atoms with van der Waals surface area (Å²) in [5.41, 5.74) is -0.153. The van der Waals surface area contributed by atoms with E-state index >= 15 is 4.39 Å². The molecule has 0 spiro atoms. The molecule has 0 bridgehead atoms. The first-order chi connectivity index (χ1) is 15.3. The smallest absolute Gasteiger partial charge is 0.321 e. The van der Waals surface area contributed by atoms with Crippen LogP contribution in [0.2, 0.25) is 10.2 Å². The second-order valence-electron chi connectivity index (χ2n) is 6.33. The van der Waals surface area contributed by atoms with Crippen molar-refractivity contribution in [3.8, 4) is 17.6 Å². The molecule has 0 amide bonds. The Labute approximate surface area is 200 Å². The normalized spacial score (nSPS) is 11.4. The molecule has 3 rings (SSSR count). The molecule has 0 aliphatic rings. The molecule has 0 N–H and O–H groups in total. The largest absolute Gasteiger partial charge is 0.468 e. The highest BCUT2D eigenvalue weighted by Crippen LogP contribution is 2.38. The first-order valence-electron chi connectivity index (χ1n) is 8.85. The summed E-state index contributed by atoms with van der Waals surface area (Å²) in [5, 5.41) is 9.18. The number of nitriles is 1. The van der Waals surface area contributed by atoms with Gasteiger partial charge in [0.25, 0.3) is 0 Å². The van der Waals surface area contributed by atoms with Gasteiger partial charge in [-0.25, -0.2) is 9.37 Å². The number of carbonyl (C=O) groups excluding carboxylic acids is 2. The van der Waals surface area contributed by atoms with E-state index in [1.807, 2.05) is 6.07 Å².